The smallest absolute Gasteiger partial charge is 0.231 e. The second-order valence-corrected chi connectivity index (χ2v) is 4.81. The Morgan fingerprint density at radius 2 is 2.12 bits per heavy atom. The fourth-order valence-corrected chi connectivity index (χ4v) is 1.25. The number of carbonyl (C=O) groups is 1. The fourth-order valence-electron chi connectivity index (χ4n) is 0.946. The molecule has 1 aromatic rings. The van der Waals surface area contributed by atoms with Crippen LogP contribution in [0.25, 0.3) is 0 Å². The molecule has 16 heavy (non-hydrogen) atoms. The normalized spacial score (nSPS) is 11.2. The Balaban J connectivity index is 2.82. The molecule has 0 aromatic heterocycles. The van der Waals surface area contributed by atoms with Crippen molar-refractivity contribution in [2.45, 2.75) is 13.8 Å². The van der Waals surface area contributed by atoms with E-state index < -0.39 is 5.41 Å². The average Bonchev–Trinajstić information content (AvgIpc) is 2.23. The van der Waals surface area contributed by atoms with E-state index in [1.807, 2.05) is 0 Å². The summed E-state index contributed by atoms with van der Waals surface area (Å²) >= 11 is 11.4. The van der Waals surface area contributed by atoms with Crippen LogP contribution in [-0.2, 0) is 4.79 Å². The Kier molecular flexibility index (Phi) is 4.05. The van der Waals surface area contributed by atoms with Crippen molar-refractivity contribution >= 4 is 34.8 Å². The lowest BCUT2D eigenvalue weighted by atomic mass is 9.95. The van der Waals surface area contributed by atoms with Gasteiger partial charge in [-0.15, -0.1) is 11.6 Å². The molecular formula is C11H13Cl2NO2. The van der Waals surface area contributed by atoms with Crippen molar-refractivity contribution in [3.05, 3.63) is 23.2 Å². The largest absolute Gasteiger partial charge is 0.506 e. The summed E-state index contributed by atoms with van der Waals surface area (Å²) in [5.41, 5.74) is -0.114. The average molecular weight is 262 g/mol. The predicted octanol–water partition coefficient (Wildman–Crippen LogP) is 3.25. The van der Waals surface area contributed by atoms with E-state index in [2.05, 4.69) is 5.32 Å². The highest BCUT2D eigenvalue weighted by Gasteiger charge is 2.26. The number of hydrogen-bond acceptors (Lipinski definition) is 2. The number of alkyl halides is 1. The van der Waals surface area contributed by atoms with Crippen LogP contribution in [0.1, 0.15) is 13.8 Å². The number of carbonyl (C=O) groups excluding carboxylic acids is 1. The first kappa shape index (κ1) is 13.1. The van der Waals surface area contributed by atoms with Gasteiger partial charge in [0, 0.05) is 11.6 Å². The first-order chi connectivity index (χ1) is 7.36. The van der Waals surface area contributed by atoms with Gasteiger partial charge in [0.25, 0.3) is 0 Å². The molecule has 0 aliphatic carbocycles. The molecule has 0 saturated heterocycles. The first-order valence-corrected chi connectivity index (χ1v) is 5.64. The summed E-state index contributed by atoms with van der Waals surface area (Å²) in [4.78, 5) is 11.8. The number of nitrogens with one attached hydrogen (secondary N) is 1. The van der Waals surface area contributed by atoms with Crippen molar-refractivity contribution in [2.24, 2.45) is 5.41 Å². The van der Waals surface area contributed by atoms with Crippen molar-refractivity contribution in [1.29, 1.82) is 0 Å². The Morgan fingerprint density at radius 1 is 1.50 bits per heavy atom. The van der Waals surface area contributed by atoms with E-state index >= 15 is 0 Å². The monoisotopic (exact) mass is 261 g/mol. The van der Waals surface area contributed by atoms with Gasteiger partial charge in [-0.2, -0.15) is 0 Å². The lowest BCUT2D eigenvalue weighted by molar-refractivity contribution is -0.122. The highest BCUT2D eigenvalue weighted by atomic mass is 35.5. The van der Waals surface area contributed by atoms with Crippen LogP contribution in [0, 0.1) is 5.41 Å². The fraction of sp³-hybridized carbons (Fsp3) is 0.364. The maximum Gasteiger partial charge on any atom is 0.231 e. The van der Waals surface area contributed by atoms with Crippen molar-refractivity contribution in [1.82, 2.24) is 0 Å². The number of aromatic hydroxyl groups is 1. The molecule has 0 bridgehead atoms. The number of phenols is 1. The summed E-state index contributed by atoms with van der Waals surface area (Å²) in [6.07, 6.45) is 0. The van der Waals surface area contributed by atoms with Gasteiger partial charge in [0.1, 0.15) is 5.75 Å². The van der Waals surface area contributed by atoms with Crippen molar-refractivity contribution < 1.29 is 9.90 Å². The molecule has 0 saturated carbocycles. The third-order valence-electron chi connectivity index (χ3n) is 2.15. The Morgan fingerprint density at radius 3 is 2.62 bits per heavy atom. The lowest BCUT2D eigenvalue weighted by Gasteiger charge is -2.20. The van der Waals surface area contributed by atoms with Crippen LogP contribution >= 0.6 is 23.2 Å². The summed E-state index contributed by atoms with van der Waals surface area (Å²) in [7, 11) is 0. The van der Waals surface area contributed by atoms with Crippen LogP contribution in [0.2, 0.25) is 5.02 Å². The van der Waals surface area contributed by atoms with Gasteiger partial charge in [0.15, 0.2) is 0 Å². The van der Waals surface area contributed by atoms with Crippen LogP contribution in [-0.4, -0.2) is 16.9 Å². The minimum Gasteiger partial charge on any atom is -0.506 e. The minimum absolute atomic E-state index is 0.0173. The van der Waals surface area contributed by atoms with Crippen molar-refractivity contribution in [2.75, 3.05) is 11.2 Å². The van der Waals surface area contributed by atoms with E-state index in [4.69, 9.17) is 23.2 Å². The molecule has 88 valence electrons. The number of anilines is 1. The molecule has 0 aliphatic heterocycles. The van der Waals surface area contributed by atoms with Crippen molar-refractivity contribution in [3.63, 3.8) is 0 Å². The topological polar surface area (TPSA) is 49.3 Å². The number of hydrogen-bond donors (Lipinski definition) is 2. The van der Waals surface area contributed by atoms with Crippen LogP contribution in [0.15, 0.2) is 18.2 Å². The molecule has 2 N–H and O–H groups in total. The Hall–Kier alpha value is -0.930. The van der Waals surface area contributed by atoms with E-state index in [-0.39, 0.29) is 22.6 Å². The zero-order valence-corrected chi connectivity index (χ0v) is 10.6. The summed E-state index contributed by atoms with van der Waals surface area (Å²) in [6, 6.07) is 4.48. The van der Waals surface area contributed by atoms with E-state index in [0.29, 0.717) is 5.69 Å². The quantitative estimate of drug-likeness (QED) is 0.648. The highest BCUT2D eigenvalue weighted by molar-refractivity contribution is 6.32. The molecule has 0 spiro atoms. The summed E-state index contributed by atoms with van der Waals surface area (Å²) in [5, 5.41) is 12.1. The third-order valence-corrected chi connectivity index (χ3v) is 3.13. The van der Waals surface area contributed by atoms with Gasteiger partial charge in [0.2, 0.25) is 5.91 Å². The van der Waals surface area contributed by atoms with Crippen LogP contribution in [0.4, 0.5) is 5.69 Å². The maximum absolute atomic E-state index is 11.8. The standard InChI is InChI=1S/C11H13Cl2NO2/c1-11(2,6-12)10(16)14-7-3-4-9(15)8(13)5-7/h3-5,15H,6H2,1-2H3,(H,14,16). The minimum atomic E-state index is -0.647. The zero-order valence-electron chi connectivity index (χ0n) is 9.05. The molecule has 1 amide bonds. The van der Waals surface area contributed by atoms with E-state index in [9.17, 15) is 9.90 Å². The van der Waals surface area contributed by atoms with Gasteiger partial charge in [-0.1, -0.05) is 11.6 Å². The van der Waals surface area contributed by atoms with Gasteiger partial charge < -0.3 is 10.4 Å². The molecule has 0 radical (unpaired) electrons. The Bertz CT molecular complexity index is 405. The summed E-state index contributed by atoms with van der Waals surface area (Å²) in [6.45, 7) is 3.49. The van der Waals surface area contributed by atoms with Gasteiger partial charge in [0.05, 0.1) is 10.4 Å². The van der Waals surface area contributed by atoms with E-state index in [1.165, 1.54) is 12.1 Å². The molecule has 1 aromatic carbocycles. The number of amides is 1. The van der Waals surface area contributed by atoms with Crippen LogP contribution < -0.4 is 5.32 Å². The number of rotatable bonds is 3. The molecule has 0 fully saturated rings. The molecule has 5 heteroatoms. The van der Waals surface area contributed by atoms with Gasteiger partial charge in [-0.3, -0.25) is 4.79 Å². The van der Waals surface area contributed by atoms with Crippen molar-refractivity contribution in [3.8, 4) is 5.75 Å². The molecule has 1 rings (SSSR count). The van der Waals surface area contributed by atoms with Gasteiger partial charge >= 0.3 is 0 Å². The van der Waals surface area contributed by atoms with Crippen LogP contribution in [0.5, 0.6) is 5.75 Å². The SMILES string of the molecule is CC(C)(CCl)C(=O)Nc1ccc(O)c(Cl)c1. The maximum atomic E-state index is 11.8. The third kappa shape index (κ3) is 3.03. The number of benzene rings is 1. The Labute approximate surface area is 104 Å². The summed E-state index contributed by atoms with van der Waals surface area (Å²) < 4.78 is 0. The first-order valence-electron chi connectivity index (χ1n) is 4.73. The predicted molar refractivity (Wildman–Crippen MR) is 66.2 cm³/mol. The van der Waals surface area contributed by atoms with Gasteiger partial charge in [-0.05, 0) is 32.0 Å². The number of halogens is 2. The molecule has 3 nitrogen and oxygen atoms in total. The summed E-state index contributed by atoms with van der Waals surface area (Å²) in [5.74, 6) is 0.0190. The van der Waals surface area contributed by atoms with Crippen LogP contribution in [0.3, 0.4) is 0 Å². The zero-order chi connectivity index (χ0) is 12.3. The lowest BCUT2D eigenvalue weighted by Crippen LogP contribution is -2.32. The highest BCUT2D eigenvalue weighted by Crippen LogP contribution is 2.27. The second kappa shape index (κ2) is 4.93. The molecule has 0 heterocycles. The number of phenolic OH excluding ortho intramolecular Hbond substituents is 1. The molecular weight excluding hydrogens is 249 g/mol. The molecule has 0 aliphatic rings. The molecule has 0 unspecified atom stereocenters. The van der Waals surface area contributed by atoms with Gasteiger partial charge in [-0.25, -0.2) is 0 Å². The molecule has 0 atom stereocenters. The van der Waals surface area contributed by atoms with E-state index in [1.54, 1.807) is 19.9 Å². The second-order valence-electron chi connectivity index (χ2n) is 4.14. The van der Waals surface area contributed by atoms with E-state index in [0.717, 1.165) is 0 Å².